The first kappa shape index (κ1) is 16.8. The van der Waals surface area contributed by atoms with Gasteiger partial charge in [-0.1, -0.05) is 23.2 Å². The second-order valence-electron chi connectivity index (χ2n) is 5.98. The Kier molecular flexibility index (Phi) is 4.64. The molecular weight excluding hydrogens is 365 g/mol. The van der Waals surface area contributed by atoms with E-state index in [-0.39, 0.29) is 0 Å². The highest BCUT2D eigenvalue weighted by Crippen LogP contribution is 2.33. The number of hydrogen-bond donors (Lipinski definition) is 1. The minimum absolute atomic E-state index is 0.371. The predicted octanol–water partition coefficient (Wildman–Crippen LogP) is 3.27. The lowest BCUT2D eigenvalue weighted by Gasteiger charge is -2.37. The third-order valence-electron chi connectivity index (χ3n) is 4.38. The Hall–Kier alpha value is -1.67. The summed E-state index contributed by atoms with van der Waals surface area (Å²) in [5.74, 6) is 0.714. The monoisotopic (exact) mass is 381 g/mol. The Morgan fingerprint density at radius 2 is 1.88 bits per heavy atom. The van der Waals surface area contributed by atoms with Crippen LogP contribution in [0.15, 0.2) is 24.4 Å². The standard InChI is InChI=1S/C16H17Cl2N5O2/c17-11-1-2-12(18)13(9-11)20-15-21-14(10-19-22-15)23-5-3-16(4-6-23)24-7-8-25-16/h1-2,9-10H,3-8H2,(H,20,21,22). The van der Waals surface area contributed by atoms with E-state index < -0.39 is 5.79 Å². The number of hydrogen-bond acceptors (Lipinski definition) is 7. The number of nitrogens with one attached hydrogen (secondary N) is 1. The molecule has 2 aliphatic heterocycles. The van der Waals surface area contributed by atoms with E-state index in [1.807, 2.05) is 0 Å². The van der Waals surface area contributed by atoms with Crippen LogP contribution in [0.2, 0.25) is 10.0 Å². The van der Waals surface area contributed by atoms with Crippen molar-refractivity contribution in [3.05, 3.63) is 34.4 Å². The zero-order chi connectivity index (χ0) is 17.3. The van der Waals surface area contributed by atoms with Crippen molar-refractivity contribution in [1.29, 1.82) is 0 Å². The van der Waals surface area contributed by atoms with Crippen LogP contribution in [0.3, 0.4) is 0 Å². The lowest BCUT2D eigenvalue weighted by atomic mass is 10.0. The number of anilines is 3. The highest BCUT2D eigenvalue weighted by atomic mass is 35.5. The van der Waals surface area contributed by atoms with E-state index in [1.54, 1.807) is 24.4 Å². The molecule has 1 N–H and O–H groups in total. The summed E-state index contributed by atoms with van der Waals surface area (Å²) in [4.78, 5) is 6.68. The summed E-state index contributed by atoms with van der Waals surface area (Å²) in [6.07, 6.45) is 3.26. The van der Waals surface area contributed by atoms with Crippen molar-refractivity contribution in [1.82, 2.24) is 15.2 Å². The van der Waals surface area contributed by atoms with Crippen LogP contribution in [0.4, 0.5) is 17.5 Å². The van der Waals surface area contributed by atoms with Crippen molar-refractivity contribution in [2.75, 3.05) is 36.5 Å². The van der Waals surface area contributed by atoms with Gasteiger partial charge in [0, 0.05) is 31.0 Å². The quantitative estimate of drug-likeness (QED) is 0.874. The zero-order valence-corrected chi connectivity index (χ0v) is 14.9. The van der Waals surface area contributed by atoms with Crippen molar-refractivity contribution < 1.29 is 9.47 Å². The molecule has 1 aromatic carbocycles. The third-order valence-corrected chi connectivity index (χ3v) is 4.95. The van der Waals surface area contributed by atoms with E-state index in [0.717, 1.165) is 31.7 Å². The fraction of sp³-hybridized carbons (Fsp3) is 0.438. The summed E-state index contributed by atoms with van der Waals surface area (Å²) < 4.78 is 11.5. The van der Waals surface area contributed by atoms with Gasteiger partial charge in [0.2, 0.25) is 5.95 Å². The number of aromatic nitrogens is 3. The van der Waals surface area contributed by atoms with Gasteiger partial charge in [0.25, 0.3) is 0 Å². The number of rotatable bonds is 3. The second-order valence-corrected chi connectivity index (χ2v) is 6.83. The van der Waals surface area contributed by atoms with Gasteiger partial charge in [0.15, 0.2) is 11.6 Å². The molecule has 2 saturated heterocycles. The molecule has 4 rings (SSSR count). The fourth-order valence-electron chi connectivity index (χ4n) is 3.08. The van der Waals surface area contributed by atoms with Crippen LogP contribution in [-0.4, -0.2) is 47.3 Å². The van der Waals surface area contributed by atoms with Gasteiger partial charge < -0.3 is 19.7 Å². The lowest BCUT2D eigenvalue weighted by molar-refractivity contribution is -0.169. The Morgan fingerprint density at radius 1 is 1.12 bits per heavy atom. The molecule has 3 heterocycles. The SMILES string of the molecule is Clc1ccc(Cl)c(Nc2nncc(N3CCC4(CC3)OCCO4)n2)c1. The van der Waals surface area contributed by atoms with Gasteiger partial charge in [0.1, 0.15) is 0 Å². The van der Waals surface area contributed by atoms with Gasteiger partial charge in [-0.15, -0.1) is 5.10 Å². The molecule has 1 aromatic heterocycles. The summed E-state index contributed by atoms with van der Waals surface area (Å²) in [7, 11) is 0. The van der Waals surface area contributed by atoms with Crippen molar-refractivity contribution >= 4 is 40.7 Å². The summed E-state index contributed by atoms with van der Waals surface area (Å²) in [6.45, 7) is 2.92. The second kappa shape index (κ2) is 6.92. The molecule has 9 heteroatoms. The van der Waals surface area contributed by atoms with Crippen molar-refractivity contribution in [2.24, 2.45) is 0 Å². The largest absolute Gasteiger partial charge is 0.355 e. The zero-order valence-electron chi connectivity index (χ0n) is 13.4. The number of halogens is 2. The Bertz CT molecular complexity index is 760. The van der Waals surface area contributed by atoms with E-state index in [0.29, 0.717) is 34.9 Å². The first-order valence-electron chi connectivity index (χ1n) is 8.08. The molecule has 0 aliphatic carbocycles. The highest BCUT2D eigenvalue weighted by Gasteiger charge is 2.40. The van der Waals surface area contributed by atoms with Crippen LogP contribution in [-0.2, 0) is 9.47 Å². The Morgan fingerprint density at radius 3 is 2.64 bits per heavy atom. The smallest absolute Gasteiger partial charge is 0.249 e. The van der Waals surface area contributed by atoms with Crippen molar-refractivity contribution in [3.63, 3.8) is 0 Å². The van der Waals surface area contributed by atoms with Crippen LogP contribution >= 0.6 is 23.2 Å². The van der Waals surface area contributed by atoms with Crippen LogP contribution in [0.5, 0.6) is 0 Å². The van der Waals surface area contributed by atoms with E-state index in [1.165, 1.54) is 0 Å². The summed E-state index contributed by atoms with van der Waals surface area (Å²) in [5, 5.41) is 12.2. The maximum absolute atomic E-state index is 6.17. The predicted molar refractivity (Wildman–Crippen MR) is 95.7 cm³/mol. The molecule has 25 heavy (non-hydrogen) atoms. The molecule has 2 aromatic rings. The molecule has 0 atom stereocenters. The molecule has 0 radical (unpaired) electrons. The van der Waals surface area contributed by atoms with Gasteiger partial charge in [0.05, 0.1) is 30.1 Å². The van der Waals surface area contributed by atoms with Crippen molar-refractivity contribution in [2.45, 2.75) is 18.6 Å². The van der Waals surface area contributed by atoms with E-state index >= 15 is 0 Å². The minimum atomic E-state index is -0.410. The maximum Gasteiger partial charge on any atom is 0.249 e. The van der Waals surface area contributed by atoms with Gasteiger partial charge in [-0.2, -0.15) is 10.1 Å². The van der Waals surface area contributed by atoms with Gasteiger partial charge in [-0.25, -0.2) is 0 Å². The average Bonchev–Trinajstić information content (AvgIpc) is 3.07. The number of ether oxygens (including phenoxy) is 2. The molecule has 2 fully saturated rings. The van der Waals surface area contributed by atoms with Crippen LogP contribution in [0.25, 0.3) is 0 Å². The normalized spacial score (nSPS) is 19.4. The molecule has 0 amide bonds. The molecule has 0 unspecified atom stereocenters. The topological polar surface area (TPSA) is 72.4 Å². The third kappa shape index (κ3) is 3.64. The molecule has 132 valence electrons. The van der Waals surface area contributed by atoms with Gasteiger partial charge >= 0.3 is 0 Å². The average molecular weight is 382 g/mol. The van der Waals surface area contributed by atoms with Crippen molar-refractivity contribution in [3.8, 4) is 0 Å². The first-order valence-corrected chi connectivity index (χ1v) is 8.84. The van der Waals surface area contributed by atoms with Gasteiger partial charge in [-0.05, 0) is 18.2 Å². The van der Waals surface area contributed by atoms with E-state index in [2.05, 4.69) is 25.4 Å². The molecule has 2 aliphatic rings. The number of benzene rings is 1. The van der Waals surface area contributed by atoms with E-state index in [9.17, 15) is 0 Å². The highest BCUT2D eigenvalue weighted by molar-refractivity contribution is 6.35. The summed E-state index contributed by atoms with van der Waals surface area (Å²) >= 11 is 12.2. The van der Waals surface area contributed by atoms with Crippen LogP contribution in [0, 0.1) is 0 Å². The molecule has 7 nitrogen and oxygen atoms in total. The number of piperidine rings is 1. The van der Waals surface area contributed by atoms with E-state index in [4.69, 9.17) is 32.7 Å². The first-order chi connectivity index (χ1) is 12.1. The molecule has 1 spiro atoms. The number of nitrogens with zero attached hydrogens (tertiary/aromatic N) is 4. The summed E-state index contributed by atoms with van der Waals surface area (Å²) in [6, 6.07) is 5.16. The maximum atomic E-state index is 6.17. The Balaban J connectivity index is 1.47. The van der Waals surface area contributed by atoms with Crippen LogP contribution < -0.4 is 10.2 Å². The Labute approximate surface area is 155 Å². The minimum Gasteiger partial charge on any atom is -0.355 e. The lowest BCUT2D eigenvalue weighted by Crippen LogP contribution is -2.45. The fourth-order valence-corrected chi connectivity index (χ4v) is 3.41. The van der Waals surface area contributed by atoms with Gasteiger partial charge in [-0.3, -0.25) is 0 Å². The molecule has 0 bridgehead atoms. The molecule has 0 saturated carbocycles. The summed E-state index contributed by atoms with van der Waals surface area (Å²) in [5.41, 5.74) is 0.637. The molecular formula is C16H17Cl2N5O2. The van der Waals surface area contributed by atoms with Crippen LogP contribution in [0.1, 0.15) is 12.8 Å².